The molecule has 17 heteroatoms. The van der Waals surface area contributed by atoms with E-state index in [0.29, 0.717) is 44.2 Å². The first-order valence-corrected chi connectivity index (χ1v) is 19.0. The predicted octanol–water partition coefficient (Wildman–Crippen LogP) is 6.46. The molecule has 308 valence electrons. The van der Waals surface area contributed by atoms with Crippen LogP contribution in [0.2, 0.25) is 0 Å². The molecule has 8 rings (SSSR count). The summed E-state index contributed by atoms with van der Waals surface area (Å²) in [5.74, 6) is -0.877. The van der Waals surface area contributed by atoms with Gasteiger partial charge < -0.3 is 29.6 Å². The maximum Gasteiger partial charge on any atom is 0.424 e. The summed E-state index contributed by atoms with van der Waals surface area (Å²) in [6.07, 6.45) is -3.86. The maximum absolute atomic E-state index is 13.3. The molecule has 0 saturated heterocycles. The Morgan fingerprint density at radius 2 is 1.14 bits per heavy atom. The van der Waals surface area contributed by atoms with E-state index in [9.17, 15) is 46.1 Å². The highest BCUT2D eigenvalue weighted by molar-refractivity contribution is 6.64. The number of nitrogens with zero attached hydrogens (tertiary/aromatic N) is 5. The molecule has 10 nitrogen and oxygen atoms in total. The highest BCUT2D eigenvalue weighted by Gasteiger charge is 2.56. The maximum atomic E-state index is 13.3. The number of rotatable bonds is 4. The molecule has 0 spiro atoms. The third kappa shape index (κ3) is 8.36. The molecule has 4 atom stereocenters. The van der Waals surface area contributed by atoms with Crippen molar-refractivity contribution in [2.75, 3.05) is 13.1 Å². The molecule has 1 amide bonds. The summed E-state index contributed by atoms with van der Waals surface area (Å²) in [6, 6.07) is 15.5. The van der Waals surface area contributed by atoms with E-state index in [1.165, 1.54) is 43.8 Å². The summed E-state index contributed by atoms with van der Waals surface area (Å²) >= 11 is 5.44. The molecule has 2 aliphatic carbocycles. The first-order chi connectivity index (χ1) is 26.6. The number of fused-ring (bicyclic) bond motifs is 4. The van der Waals surface area contributed by atoms with Gasteiger partial charge >= 0.3 is 12.4 Å². The van der Waals surface area contributed by atoms with Crippen LogP contribution in [-0.4, -0.2) is 70.8 Å². The zero-order chi connectivity index (χ0) is 41.7. The Balaban J connectivity index is 0.000000160. The number of hydrogen-bond acceptors (Lipinski definition) is 7. The summed E-state index contributed by atoms with van der Waals surface area (Å²) < 4.78 is 81.0. The van der Waals surface area contributed by atoms with E-state index >= 15 is 0 Å². The van der Waals surface area contributed by atoms with Crippen molar-refractivity contribution in [3.8, 4) is 0 Å². The van der Waals surface area contributed by atoms with Gasteiger partial charge in [0, 0.05) is 43.7 Å². The van der Waals surface area contributed by atoms with Crippen molar-refractivity contribution >= 4 is 22.8 Å². The average Bonchev–Trinajstić information content (AvgIpc) is 3.95. The number of carbonyl (C=O) groups excluding carboxylic acids is 2. The molecule has 3 N–H and O–H groups in total. The molecular weight excluding hydrogens is 778 g/mol. The molecule has 2 aliphatic heterocycles. The number of amides is 1. The summed E-state index contributed by atoms with van der Waals surface area (Å²) in [5, 5.41) is 22.6. The number of alkyl halides is 6. The van der Waals surface area contributed by atoms with Gasteiger partial charge in [0.05, 0.1) is 30.2 Å². The first kappa shape index (κ1) is 42.4. The Bertz CT molecular complexity index is 2060. The van der Waals surface area contributed by atoms with Crippen LogP contribution in [0.25, 0.3) is 0 Å². The molecule has 2 aromatic heterocycles. The van der Waals surface area contributed by atoms with Gasteiger partial charge in [0.15, 0.2) is 11.6 Å². The fourth-order valence-electron chi connectivity index (χ4n) is 8.04. The lowest BCUT2D eigenvalue weighted by molar-refractivity contribution is -0.263. The van der Waals surface area contributed by atoms with E-state index in [0.717, 1.165) is 19.8 Å². The third-order valence-electron chi connectivity index (χ3n) is 11.3. The van der Waals surface area contributed by atoms with Crippen LogP contribution in [-0.2, 0) is 59.6 Å². The van der Waals surface area contributed by atoms with E-state index in [1.54, 1.807) is 18.7 Å². The Morgan fingerprint density at radius 3 is 1.58 bits per heavy atom. The topological polar surface area (TPSA) is 126 Å². The molecule has 0 saturated carbocycles. The molecule has 0 bridgehead atoms. The van der Waals surface area contributed by atoms with Crippen LogP contribution in [0.4, 0.5) is 26.3 Å². The predicted molar refractivity (Wildman–Crippen MR) is 198 cm³/mol. The van der Waals surface area contributed by atoms with Gasteiger partial charge in [0.1, 0.15) is 0 Å². The molecule has 0 radical (unpaired) electrons. The second-order valence-corrected chi connectivity index (χ2v) is 16.0. The van der Waals surface area contributed by atoms with Gasteiger partial charge in [-0.2, -0.15) is 26.3 Å². The highest BCUT2D eigenvalue weighted by atomic mass is 35.5. The minimum absolute atomic E-state index is 0.0135. The van der Waals surface area contributed by atoms with Gasteiger partial charge in [-0.25, -0.2) is 9.97 Å². The largest absolute Gasteiger partial charge is 0.424 e. The lowest BCUT2D eigenvalue weighted by atomic mass is 10.0. The van der Waals surface area contributed by atoms with Gasteiger partial charge in [-0.1, -0.05) is 48.5 Å². The lowest BCUT2D eigenvalue weighted by Crippen LogP contribution is -2.46. The molecule has 57 heavy (non-hydrogen) atoms. The molecule has 0 fully saturated rings. The minimum Gasteiger partial charge on any atom is -0.374 e. The Morgan fingerprint density at radius 1 is 0.719 bits per heavy atom. The van der Waals surface area contributed by atoms with Gasteiger partial charge in [0.25, 0.3) is 0 Å². The number of halogens is 7. The van der Waals surface area contributed by atoms with Crippen molar-refractivity contribution < 1.29 is 46.1 Å². The number of carbonyl (C=O) groups is 2. The smallest absolute Gasteiger partial charge is 0.374 e. The van der Waals surface area contributed by atoms with Crippen LogP contribution < -0.4 is 5.32 Å². The number of aliphatic hydroxyl groups is 2. The number of imidazole rings is 2. The number of aromatic nitrogens is 4. The zero-order valence-corrected chi connectivity index (χ0v) is 32.6. The third-order valence-corrected chi connectivity index (χ3v) is 11.6. The molecule has 2 aromatic carbocycles. The van der Waals surface area contributed by atoms with Gasteiger partial charge in [0.2, 0.25) is 22.4 Å². The van der Waals surface area contributed by atoms with Crippen LogP contribution in [0.5, 0.6) is 0 Å². The van der Waals surface area contributed by atoms with Crippen molar-refractivity contribution in [1.82, 2.24) is 29.3 Å². The standard InChI is InChI=1S/C20H22F3N3O2.C10H9ClO.C10H14F3N3O/c1-12-10-25(17(27)15-7-13-5-3-4-6-14(13)8-15)11-16-9-24-18(26(12)16)19(2,28)20(21,22)23;11-10(12)9-5-7-3-1-2-4-8(7)6-9;1-6-3-14-4-7-5-15-8(16(6)7)9(2,17)10(11,12)13/h3-6,9,12,15,28H,7-8,10-11H2,1-2H3;1-4,9H,5-6H2;5-6,14,17H,3-4H2,1-2H3/t12-,19+;;6-,9+/m0.0/s1. The number of benzene rings is 2. The monoisotopic (exact) mass is 822 g/mol. The Kier molecular flexibility index (Phi) is 11.8. The second kappa shape index (κ2) is 15.8. The van der Waals surface area contributed by atoms with Gasteiger partial charge in [-0.3, -0.25) is 9.59 Å². The van der Waals surface area contributed by atoms with Crippen molar-refractivity contribution in [1.29, 1.82) is 0 Å². The quantitative estimate of drug-likeness (QED) is 0.160. The van der Waals surface area contributed by atoms with E-state index in [1.807, 2.05) is 36.4 Å². The first-order valence-electron chi connectivity index (χ1n) is 18.7. The normalized spacial score (nSPS) is 21.4. The molecule has 4 heterocycles. The second-order valence-electron chi connectivity index (χ2n) is 15.6. The van der Waals surface area contributed by atoms with E-state index in [-0.39, 0.29) is 47.9 Å². The van der Waals surface area contributed by atoms with E-state index in [4.69, 9.17) is 11.6 Å². The Labute approximate surface area is 330 Å². The van der Waals surface area contributed by atoms with Crippen LogP contribution >= 0.6 is 11.6 Å². The highest BCUT2D eigenvalue weighted by Crippen LogP contribution is 2.41. The van der Waals surface area contributed by atoms with Crippen LogP contribution in [0.1, 0.15) is 85.1 Å². The van der Waals surface area contributed by atoms with Crippen molar-refractivity contribution in [3.63, 3.8) is 0 Å². The summed E-state index contributed by atoms with van der Waals surface area (Å²) in [4.78, 5) is 33.2. The zero-order valence-electron chi connectivity index (χ0n) is 31.8. The van der Waals surface area contributed by atoms with Crippen LogP contribution in [0, 0.1) is 11.8 Å². The number of nitrogens with one attached hydrogen (secondary N) is 1. The van der Waals surface area contributed by atoms with Crippen molar-refractivity contribution in [2.24, 2.45) is 11.8 Å². The van der Waals surface area contributed by atoms with Crippen LogP contribution in [0.3, 0.4) is 0 Å². The molecular formula is C40H45ClF6N6O4. The molecule has 4 aromatic rings. The Hall–Kier alpha value is -4.25. The molecule has 4 aliphatic rings. The van der Waals surface area contributed by atoms with Crippen molar-refractivity contribution in [2.45, 2.75) is 102 Å². The van der Waals surface area contributed by atoms with Gasteiger partial charge in [-0.15, -0.1) is 0 Å². The number of hydrogen-bond donors (Lipinski definition) is 3. The summed E-state index contributed by atoms with van der Waals surface area (Å²) in [5.41, 5.74) is 0.104. The molecule has 0 unspecified atom stereocenters. The van der Waals surface area contributed by atoms with Crippen molar-refractivity contribution in [3.05, 3.63) is 106 Å². The summed E-state index contributed by atoms with van der Waals surface area (Å²) in [6.45, 7) is 6.47. The minimum atomic E-state index is -4.84. The summed E-state index contributed by atoms with van der Waals surface area (Å²) in [7, 11) is 0. The van der Waals surface area contributed by atoms with Gasteiger partial charge in [-0.05, 0) is 87.2 Å². The van der Waals surface area contributed by atoms with E-state index < -0.39 is 35.4 Å². The fraction of sp³-hybridized carbons (Fsp3) is 0.500. The van der Waals surface area contributed by atoms with E-state index in [2.05, 4.69) is 27.4 Å². The SMILES string of the molecule is C[C@H]1CN(C(=O)C2Cc3ccccc3C2)Cc2cnc([C@@](C)(O)C(F)(F)F)n21.C[C@H]1CNCc2cnc([C@@](C)(O)C(F)(F)F)n21.O=C(Cl)C1Cc2ccccc2C1. The lowest BCUT2D eigenvalue weighted by Gasteiger charge is -2.37. The average molecular weight is 823 g/mol. The fourth-order valence-corrected chi connectivity index (χ4v) is 8.19. The van der Waals surface area contributed by atoms with Crippen LogP contribution in [0.15, 0.2) is 60.9 Å².